The summed E-state index contributed by atoms with van der Waals surface area (Å²) >= 11 is 0. The summed E-state index contributed by atoms with van der Waals surface area (Å²) < 4.78 is 21.7. The summed E-state index contributed by atoms with van der Waals surface area (Å²) in [5, 5.41) is 9.64. The highest BCUT2D eigenvalue weighted by molar-refractivity contribution is 5.98. The Balaban J connectivity index is 1.25. The molecule has 5 fully saturated rings. The normalized spacial score (nSPS) is 38.4. The zero-order valence-electron chi connectivity index (χ0n) is 20.3. The maximum atomic E-state index is 15.3. The van der Waals surface area contributed by atoms with E-state index in [0.29, 0.717) is 36.7 Å². The third-order valence-corrected chi connectivity index (χ3v) is 9.30. The Hall–Kier alpha value is -2.11. The summed E-state index contributed by atoms with van der Waals surface area (Å²) in [4.78, 5) is 26.4. The van der Waals surface area contributed by atoms with Crippen molar-refractivity contribution in [2.75, 3.05) is 13.2 Å². The maximum Gasteiger partial charge on any atom is 0.326 e. The van der Waals surface area contributed by atoms with E-state index >= 15 is 4.39 Å². The number of piperidine rings is 1. The lowest BCUT2D eigenvalue weighted by atomic mass is 9.57. The van der Waals surface area contributed by atoms with Crippen molar-refractivity contribution in [2.24, 2.45) is 35.0 Å². The van der Waals surface area contributed by atoms with Crippen LogP contribution in [-0.2, 0) is 4.79 Å². The van der Waals surface area contributed by atoms with Crippen LogP contribution in [0.25, 0.3) is 0 Å². The van der Waals surface area contributed by atoms with Crippen molar-refractivity contribution in [1.29, 1.82) is 0 Å². The Morgan fingerprint density at radius 1 is 1.12 bits per heavy atom. The van der Waals surface area contributed by atoms with E-state index < -0.39 is 23.7 Å². The molecule has 1 aliphatic heterocycles. The fourth-order valence-corrected chi connectivity index (χ4v) is 8.04. The molecule has 1 aromatic rings. The zero-order valence-corrected chi connectivity index (χ0v) is 20.3. The van der Waals surface area contributed by atoms with Crippen LogP contribution in [0.2, 0.25) is 0 Å². The molecule has 0 radical (unpaired) electrons. The molecule has 6 heteroatoms. The van der Waals surface area contributed by atoms with Crippen LogP contribution in [0.15, 0.2) is 12.1 Å². The minimum atomic E-state index is -0.984. The number of halogens is 1. The van der Waals surface area contributed by atoms with E-state index in [1.165, 1.54) is 43.1 Å². The lowest BCUT2D eigenvalue weighted by Crippen LogP contribution is -2.43. The molecule has 4 aliphatic carbocycles. The van der Waals surface area contributed by atoms with Gasteiger partial charge in [-0.25, -0.2) is 9.18 Å². The molecule has 6 rings (SSSR count). The molecule has 1 amide bonds. The van der Waals surface area contributed by atoms with Crippen LogP contribution in [-0.4, -0.2) is 41.1 Å². The molecule has 2 bridgehead atoms. The zero-order chi connectivity index (χ0) is 23.8. The molecule has 2 unspecified atom stereocenters. The van der Waals surface area contributed by atoms with Gasteiger partial charge in [-0.15, -0.1) is 0 Å². The number of carboxylic acids is 1. The highest BCUT2D eigenvalue weighted by Crippen LogP contribution is 2.54. The van der Waals surface area contributed by atoms with Gasteiger partial charge in [-0.1, -0.05) is 13.8 Å². The summed E-state index contributed by atoms with van der Waals surface area (Å²) in [7, 11) is 0. The van der Waals surface area contributed by atoms with Gasteiger partial charge in [-0.3, -0.25) is 4.79 Å². The summed E-state index contributed by atoms with van der Waals surface area (Å²) in [6, 6.07) is 2.24. The van der Waals surface area contributed by atoms with E-state index in [2.05, 4.69) is 13.8 Å². The lowest BCUT2D eigenvalue weighted by Gasteiger charge is -2.49. The van der Waals surface area contributed by atoms with Gasteiger partial charge in [-0.05, 0) is 98.5 Å². The van der Waals surface area contributed by atoms with Crippen LogP contribution in [0.1, 0.15) is 87.1 Å². The minimum absolute atomic E-state index is 0.00222. The average Bonchev–Trinajstić information content (AvgIpc) is 3.69. The number of aliphatic carboxylic acids is 1. The van der Waals surface area contributed by atoms with Crippen molar-refractivity contribution in [3.63, 3.8) is 0 Å². The first-order valence-corrected chi connectivity index (χ1v) is 13.2. The van der Waals surface area contributed by atoms with Gasteiger partial charge in [0, 0.05) is 18.0 Å². The Labute approximate surface area is 201 Å². The molecule has 5 aliphatic rings. The number of rotatable bonds is 6. The van der Waals surface area contributed by atoms with Crippen LogP contribution >= 0.6 is 0 Å². The number of nitrogens with zero attached hydrogens (tertiary/aromatic N) is 1. The number of fused-ring (bicyclic) bond motifs is 3. The first-order chi connectivity index (χ1) is 16.2. The van der Waals surface area contributed by atoms with Gasteiger partial charge < -0.3 is 14.7 Å². The highest BCUT2D eigenvalue weighted by atomic mass is 19.1. The Bertz CT molecular complexity index is 1000. The van der Waals surface area contributed by atoms with Crippen molar-refractivity contribution in [2.45, 2.75) is 77.2 Å². The van der Waals surface area contributed by atoms with E-state index in [1.54, 1.807) is 6.07 Å². The van der Waals surface area contributed by atoms with Gasteiger partial charge in [0.1, 0.15) is 17.6 Å². The third kappa shape index (κ3) is 3.91. The fraction of sp³-hybridized carbons (Fsp3) is 0.714. The van der Waals surface area contributed by atoms with E-state index in [-0.39, 0.29) is 22.8 Å². The first kappa shape index (κ1) is 22.4. The van der Waals surface area contributed by atoms with Gasteiger partial charge >= 0.3 is 5.97 Å². The van der Waals surface area contributed by atoms with Crippen LogP contribution in [0.5, 0.6) is 5.75 Å². The summed E-state index contributed by atoms with van der Waals surface area (Å²) in [5.74, 6) is 1.24. The van der Waals surface area contributed by atoms with Gasteiger partial charge in [0.05, 0.1) is 12.2 Å². The molecule has 1 saturated heterocycles. The highest BCUT2D eigenvalue weighted by Gasteiger charge is 2.57. The summed E-state index contributed by atoms with van der Waals surface area (Å²) in [6.07, 6.45) is 9.03. The van der Waals surface area contributed by atoms with Crippen molar-refractivity contribution < 1.29 is 23.8 Å². The van der Waals surface area contributed by atoms with Crippen molar-refractivity contribution in [1.82, 2.24) is 4.90 Å². The second-order valence-electron chi connectivity index (χ2n) is 12.5. The van der Waals surface area contributed by atoms with E-state index in [1.807, 2.05) is 0 Å². The SMILES string of the molecule is CC1CC2CC(C)CC(COc3cc(F)c(C(=O)N4C[C@H]5C[C@H]5[C@H]4C(=O)O)cc3C3CC3)(C1)C2. The second-order valence-corrected chi connectivity index (χ2v) is 12.5. The number of carbonyl (C=O) groups excluding carboxylic acids is 1. The molecule has 5 atom stereocenters. The largest absolute Gasteiger partial charge is 0.493 e. The third-order valence-electron chi connectivity index (χ3n) is 9.30. The molecule has 34 heavy (non-hydrogen) atoms. The summed E-state index contributed by atoms with van der Waals surface area (Å²) in [6.45, 7) is 5.72. The van der Waals surface area contributed by atoms with Gasteiger partial charge in [0.2, 0.25) is 0 Å². The standard InChI is InChI=1S/C28H36FNO4/c1-15-5-17-6-16(2)11-28(10-15,12-17)14-34-24-9-23(29)22(8-20(24)18-3-4-18)26(31)30-13-19-7-21(19)25(30)27(32)33/h8-9,15-19,21,25H,3-7,10-14H2,1-2H3,(H,32,33)/t15?,16?,17?,19-,21-,25+,28?/m1/s1. The molecule has 1 heterocycles. The number of ether oxygens (including phenoxy) is 1. The number of benzene rings is 1. The van der Waals surface area contributed by atoms with E-state index in [0.717, 1.165) is 30.7 Å². The molecule has 0 aromatic heterocycles. The monoisotopic (exact) mass is 469 g/mol. The average molecular weight is 470 g/mol. The molecule has 4 saturated carbocycles. The van der Waals surface area contributed by atoms with Crippen LogP contribution < -0.4 is 4.74 Å². The fourth-order valence-electron chi connectivity index (χ4n) is 8.04. The number of hydrogen-bond donors (Lipinski definition) is 1. The molecule has 184 valence electrons. The predicted octanol–water partition coefficient (Wildman–Crippen LogP) is 5.48. The molecule has 1 N–H and O–H groups in total. The minimum Gasteiger partial charge on any atom is -0.493 e. The van der Waals surface area contributed by atoms with E-state index in [4.69, 9.17) is 4.74 Å². The molecular formula is C28H36FNO4. The Morgan fingerprint density at radius 2 is 1.82 bits per heavy atom. The predicted molar refractivity (Wildman–Crippen MR) is 125 cm³/mol. The quantitative estimate of drug-likeness (QED) is 0.599. The topological polar surface area (TPSA) is 66.8 Å². The van der Waals surface area contributed by atoms with Gasteiger partial charge in [0.15, 0.2) is 0 Å². The number of carboxylic acid groups (broad SMARTS) is 1. The smallest absolute Gasteiger partial charge is 0.326 e. The molecule has 5 nitrogen and oxygen atoms in total. The molecule has 0 spiro atoms. The molecule has 1 aromatic carbocycles. The first-order valence-electron chi connectivity index (χ1n) is 13.2. The number of carbonyl (C=O) groups is 2. The summed E-state index contributed by atoms with van der Waals surface area (Å²) in [5.41, 5.74) is 1.08. The van der Waals surface area contributed by atoms with Crippen molar-refractivity contribution in [3.8, 4) is 5.75 Å². The van der Waals surface area contributed by atoms with Crippen LogP contribution in [0.3, 0.4) is 0 Å². The van der Waals surface area contributed by atoms with Crippen LogP contribution in [0.4, 0.5) is 4.39 Å². The Kier molecular flexibility index (Phi) is 5.23. The van der Waals surface area contributed by atoms with E-state index in [9.17, 15) is 14.7 Å². The van der Waals surface area contributed by atoms with Crippen LogP contribution in [0, 0.1) is 40.8 Å². The lowest BCUT2D eigenvalue weighted by molar-refractivity contribution is -0.142. The number of hydrogen-bond acceptors (Lipinski definition) is 3. The number of likely N-dealkylation sites (tertiary alicyclic amines) is 1. The number of amides is 1. The van der Waals surface area contributed by atoms with Gasteiger partial charge in [-0.2, -0.15) is 0 Å². The molecular weight excluding hydrogens is 433 g/mol. The van der Waals surface area contributed by atoms with Gasteiger partial charge in [0.25, 0.3) is 5.91 Å². The maximum absolute atomic E-state index is 15.3. The Morgan fingerprint density at radius 3 is 2.47 bits per heavy atom. The van der Waals surface area contributed by atoms with Crippen molar-refractivity contribution in [3.05, 3.63) is 29.1 Å². The van der Waals surface area contributed by atoms with Crippen molar-refractivity contribution >= 4 is 11.9 Å². The second kappa shape index (κ2) is 7.96.